The number of aryl methyl sites for hydroxylation is 1. The molecule has 1 amide bonds. The van der Waals surface area contributed by atoms with E-state index in [9.17, 15) is 19.1 Å². The molecule has 1 saturated heterocycles. The molecule has 1 N–H and O–H groups in total. The van der Waals surface area contributed by atoms with E-state index in [0.717, 1.165) is 0 Å². The Balaban J connectivity index is 1.90. The zero-order valence-electron chi connectivity index (χ0n) is 12.6. The molecule has 0 aliphatic carbocycles. The highest BCUT2D eigenvalue weighted by Crippen LogP contribution is 2.21. The molecular weight excluding hydrogens is 301 g/mol. The van der Waals surface area contributed by atoms with Gasteiger partial charge in [0.15, 0.2) is 5.69 Å². The zero-order valence-corrected chi connectivity index (χ0v) is 12.6. The maximum atomic E-state index is 13.0. The van der Waals surface area contributed by atoms with Crippen molar-refractivity contribution in [2.45, 2.75) is 25.8 Å². The first-order valence-electron chi connectivity index (χ1n) is 7.34. The van der Waals surface area contributed by atoms with E-state index in [-0.39, 0.29) is 17.4 Å². The molecule has 1 aromatic carbocycles. The van der Waals surface area contributed by atoms with Crippen LogP contribution in [0.25, 0.3) is 5.69 Å². The number of halogens is 1. The van der Waals surface area contributed by atoms with Crippen molar-refractivity contribution in [3.05, 3.63) is 47.5 Å². The summed E-state index contributed by atoms with van der Waals surface area (Å²) in [6.07, 6.45) is 1.12. The van der Waals surface area contributed by atoms with Gasteiger partial charge in [0.1, 0.15) is 11.9 Å². The van der Waals surface area contributed by atoms with Crippen LogP contribution >= 0.6 is 0 Å². The molecule has 1 atom stereocenters. The van der Waals surface area contributed by atoms with Crippen molar-refractivity contribution < 1.29 is 19.1 Å². The van der Waals surface area contributed by atoms with E-state index >= 15 is 0 Å². The number of hydrogen-bond donors (Lipinski definition) is 1. The molecule has 7 heteroatoms. The lowest BCUT2D eigenvalue weighted by Gasteiger charge is -2.20. The van der Waals surface area contributed by atoms with E-state index < -0.39 is 12.0 Å². The average Bonchev–Trinajstić information content (AvgIpc) is 3.14. The van der Waals surface area contributed by atoms with Crippen LogP contribution in [-0.2, 0) is 4.79 Å². The maximum absolute atomic E-state index is 13.0. The molecule has 0 radical (unpaired) electrons. The Hall–Kier alpha value is -2.70. The third-order valence-electron chi connectivity index (χ3n) is 3.98. The third-order valence-corrected chi connectivity index (χ3v) is 3.98. The number of carbonyl (C=O) groups is 2. The fraction of sp³-hybridized carbons (Fsp3) is 0.312. The molecule has 2 heterocycles. The van der Waals surface area contributed by atoms with Gasteiger partial charge in [-0.25, -0.2) is 13.9 Å². The van der Waals surface area contributed by atoms with Crippen molar-refractivity contribution in [2.24, 2.45) is 0 Å². The standard InChI is InChI=1S/C16H16FN3O3/c1-10-9-13(15(21)19-8-2-3-14(19)16(22)23)18-20(10)12-6-4-11(17)5-7-12/h4-7,9,14H,2-3,8H2,1H3,(H,22,23)/t14-/m1/s1. The Morgan fingerprint density at radius 2 is 2.00 bits per heavy atom. The number of hydrogen-bond acceptors (Lipinski definition) is 3. The van der Waals surface area contributed by atoms with Crippen LogP contribution in [-0.4, -0.2) is 44.3 Å². The van der Waals surface area contributed by atoms with Gasteiger partial charge in [0.2, 0.25) is 0 Å². The van der Waals surface area contributed by atoms with Crippen LogP contribution in [0.5, 0.6) is 0 Å². The highest BCUT2D eigenvalue weighted by Gasteiger charge is 2.35. The first-order chi connectivity index (χ1) is 11.0. The van der Waals surface area contributed by atoms with E-state index in [1.165, 1.54) is 17.0 Å². The normalized spacial score (nSPS) is 17.5. The number of aromatic nitrogens is 2. The van der Waals surface area contributed by atoms with Crippen LogP contribution in [0.15, 0.2) is 30.3 Å². The molecule has 1 aliphatic heterocycles. The highest BCUT2D eigenvalue weighted by atomic mass is 19.1. The third kappa shape index (κ3) is 2.81. The maximum Gasteiger partial charge on any atom is 0.326 e. The summed E-state index contributed by atoms with van der Waals surface area (Å²) in [4.78, 5) is 25.1. The molecule has 2 aromatic rings. The predicted molar refractivity (Wildman–Crippen MR) is 80.0 cm³/mol. The van der Waals surface area contributed by atoms with Crippen LogP contribution in [0.4, 0.5) is 4.39 Å². The minimum Gasteiger partial charge on any atom is -0.480 e. The van der Waals surface area contributed by atoms with Gasteiger partial charge in [-0.2, -0.15) is 5.10 Å². The fourth-order valence-electron chi connectivity index (χ4n) is 2.84. The highest BCUT2D eigenvalue weighted by molar-refractivity contribution is 5.95. The van der Waals surface area contributed by atoms with E-state index in [2.05, 4.69) is 5.10 Å². The fourth-order valence-corrected chi connectivity index (χ4v) is 2.84. The van der Waals surface area contributed by atoms with Gasteiger partial charge in [0.05, 0.1) is 5.69 Å². The minimum absolute atomic E-state index is 0.194. The second-order valence-electron chi connectivity index (χ2n) is 5.55. The summed E-state index contributed by atoms with van der Waals surface area (Å²) in [7, 11) is 0. The van der Waals surface area contributed by atoms with Gasteiger partial charge >= 0.3 is 5.97 Å². The molecule has 6 nitrogen and oxygen atoms in total. The van der Waals surface area contributed by atoms with Crippen molar-refractivity contribution in [3.63, 3.8) is 0 Å². The van der Waals surface area contributed by atoms with Gasteiger partial charge in [-0.05, 0) is 50.1 Å². The number of carboxylic acid groups (broad SMARTS) is 1. The Kier molecular flexibility index (Phi) is 3.85. The van der Waals surface area contributed by atoms with Crippen molar-refractivity contribution >= 4 is 11.9 Å². The monoisotopic (exact) mass is 317 g/mol. The minimum atomic E-state index is -0.995. The van der Waals surface area contributed by atoms with Gasteiger partial charge in [-0.3, -0.25) is 4.79 Å². The van der Waals surface area contributed by atoms with Crippen molar-refractivity contribution in [2.75, 3.05) is 6.54 Å². The molecule has 0 bridgehead atoms. The summed E-state index contributed by atoms with van der Waals surface area (Å²) in [6.45, 7) is 2.20. The summed E-state index contributed by atoms with van der Waals surface area (Å²) < 4.78 is 14.6. The van der Waals surface area contributed by atoms with Crippen LogP contribution in [0.2, 0.25) is 0 Å². The first-order valence-corrected chi connectivity index (χ1v) is 7.34. The second-order valence-corrected chi connectivity index (χ2v) is 5.55. The Morgan fingerprint density at radius 3 is 2.65 bits per heavy atom. The lowest BCUT2D eigenvalue weighted by molar-refractivity contribution is -0.141. The van der Waals surface area contributed by atoms with Gasteiger partial charge in [-0.15, -0.1) is 0 Å². The number of benzene rings is 1. The summed E-state index contributed by atoms with van der Waals surface area (Å²) in [5, 5.41) is 13.4. The van der Waals surface area contributed by atoms with Gasteiger partial charge in [0.25, 0.3) is 5.91 Å². The summed E-state index contributed by atoms with van der Waals surface area (Å²) >= 11 is 0. The quantitative estimate of drug-likeness (QED) is 0.939. The number of aliphatic carboxylic acids is 1. The summed E-state index contributed by atoms with van der Waals surface area (Å²) in [5.74, 6) is -1.74. The molecule has 1 fully saturated rings. The lowest BCUT2D eigenvalue weighted by atomic mass is 10.2. The molecule has 23 heavy (non-hydrogen) atoms. The van der Waals surface area contributed by atoms with Crippen molar-refractivity contribution in [1.82, 2.24) is 14.7 Å². The second kappa shape index (κ2) is 5.83. The van der Waals surface area contributed by atoms with Gasteiger partial charge in [0, 0.05) is 12.2 Å². The number of carboxylic acids is 1. The van der Waals surface area contributed by atoms with Crippen molar-refractivity contribution in [3.8, 4) is 5.69 Å². The van der Waals surface area contributed by atoms with Crippen LogP contribution in [0, 0.1) is 12.7 Å². The molecule has 0 unspecified atom stereocenters. The number of likely N-dealkylation sites (tertiary alicyclic amines) is 1. The summed E-state index contributed by atoms with van der Waals surface area (Å²) in [5.41, 5.74) is 1.55. The number of carbonyl (C=O) groups excluding carboxylic acids is 1. The SMILES string of the molecule is Cc1cc(C(=O)N2CCC[C@@H]2C(=O)O)nn1-c1ccc(F)cc1. The van der Waals surface area contributed by atoms with Gasteiger partial charge in [-0.1, -0.05) is 0 Å². The Labute approximate surface area is 132 Å². The Bertz CT molecular complexity index is 754. The zero-order chi connectivity index (χ0) is 16.6. The molecule has 3 rings (SSSR count). The van der Waals surface area contributed by atoms with E-state index in [1.54, 1.807) is 29.8 Å². The molecule has 120 valence electrons. The molecule has 1 aromatic heterocycles. The number of amides is 1. The Morgan fingerprint density at radius 1 is 1.30 bits per heavy atom. The van der Waals surface area contributed by atoms with E-state index in [1.807, 2.05) is 0 Å². The van der Waals surface area contributed by atoms with Crippen LogP contribution in [0.3, 0.4) is 0 Å². The topological polar surface area (TPSA) is 75.4 Å². The first kappa shape index (κ1) is 15.2. The lowest BCUT2D eigenvalue weighted by Crippen LogP contribution is -2.40. The van der Waals surface area contributed by atoms with Crippen LogP contribution in [0.1, 0.15) is 29.0 Å². The van der Waals surface area contributed by atoms with Crippen molar-refractivity contribution in [1.29, 1.82) is 0 Å². The number of nitrogens with zero attached hydrogens (tertiary/aromatic N) is 3. The average molecular weight is 317 g/mol. The predicted octanol–water partition coefficient (Wildman–Crippen LogP) is 2.01. The largest absolute Gasteiger partial charge is 0.480 e. The molecule has 1 aliphatic rings. The smallest absolute Gasteiger partial charge is 0.326 e. The molecule has 0 saturated carbocycles. The summed E-state index contributed by atoms with van der Waals surface area (Å²) in [6, 6.07) is 6.60. The van der Waals surface area contributed by atoms with Crippen LogP contribution < -0.4 is 0 Å². The molecular formula is C16H16FN3O3. The van der Waals surface area contributed by atoms with Gasteiger partial charge < -0.3 is 10.0 Å². The van der Waals surface area contributed by atoms with E-state index in [4.69, 9.17) is 0 Å². The molecule has 0 spiro atoms. The van der Waals surface area contributed by atoms with E-state index in [0.29, 0.717) is 30.8 Å². The number of rotatable bonds is 3.